The number of aryl methyl sites for hydroxylation is 1. The Morgan fingerprint density at radius 3 is 2.68 bits per heavy atom. The molecule has 2 aromatic rings. The van der Waals surface area contributed by atoms with Gasteiger partial charge in [0.15, 0.2) is 5.82 Å². The number of ether oxygens (including phenoxy) is 1. The van der Waals surface area contributed by atoms with Crippen LogP contribution in [-0.4, -0.2) is 29.4 Å². The first kappa shape index (κ1) is 18.2. The lowest BCUT2D eigenvalue weighted by Gasteiger charge is -2.11. The van der Waals surface area contributed by atoms with Gasteiger partial charge in [-0.2, -0.15) is 5.10 Å². The van der Waals surface area contributed by atoms with Crippen molar-refractivity contribution in [3.8, 4) is 0 Å². The first-order valence-corrected chi connectivity index (χ1v) is 6.75. The van der Waals surface area contributed by atoms with Gasteiger partial charge >= 0.3 is 0 Å². The number of nitrogens with two attached hydrogens (primary N) is 1. The summed E-state index contributed by atoms with van der Waals surface area (Å²) in [5.74, 6) is 0.203. The van der Waals surface area contributed by atoms with E-state index in [0.717, 1.165) is 11.1 Å². The molecule has 0 aliphatic carbocycles. The highest BCUT2D eigenvalue weighted by atomic mass is 35.5. The van der Waals surface area contributed by atoms with Crippen molar-refractivity contribution >= 4 is 24.1 Å². The number of amides is 1. The highest BCUT2D eigenvalue weighted by molar-refractivity contribution is 5.94. The molecule has 7 heteroatoms. The minimum absolute atomic E-state index is 0. The van der Waals surface area contributed by atoms with Gasteiger partial charge in [-0.1, -0.05) is 29.8 Å². The van der Waals surface area contributed by atoms with Crippen LogP contribution in [0.1, 0.15) is 17.2 Å². The summed E-state index contributed by atoms with van der Waals surface area (Å²) < 4.78 is 6.68. The summed E-state index contributed by atoms with van der Waals surface area (Å²) in [5.41, 5.74) is 7.86. The largest absolute Gasteiger partial charge is 0.383 e. The molecule has 1 aromatic carbocycles. The van der Waals surface area contributed by atoms with E-state index < -0.39 is 6.04 Å². The predicted molar refractivity (Wildman–Crippen MR) is 88.1 cm³/mol. The maximum absolute atomic E-state index is 12.1. The van der Waals surface area contributed by atoms with Crippen LogP contribution in [0.3, 0.4) is 0 Å². The predicted octanol–water partition coefficient (Wildman–Crippen LogP) is 1.90. The molecule has 0 aliphatic rings. The van der Waals surface area contributed by atoms with E-state index in [9.17, 15) is 4.79 Å². The molecule has 1 heterocycles. The second-order valence-electron chi connectivity index (χ2n) is 4.83. The Labute approximate surface area is 136 Å². The van der Waals surface area contributed by atoms with E-state index in [-0.39, 0.29) is 18.3 Å². The number of methoxy groups -OCH3 is 1. The van der Waals surface area contributed by atoms with Gasteiger partial charge in [0, 0.05) is 19.4 Å². The van der Waals surface area contributed by atoms with E-state index in [1.165, 1.54) is 0 Å². The third-order valence-corrected chi connectivity index (χ3v) is 3.14. The standard InChI is InChI=1S/C15H20N4O2.ClH/c1-11-3-5-12(6-4-11)14(16)15(20)17-13-7-8-19(18-13)9-10-21-2;/h3-8,14H,9-10,16H2,1-2H3,(H,17,18,20);1H. The fraction of sp³-hybridized carbons (Fsp3) is 0.333. The van der Waals surface area contributed by atoms with Crippen molar-refractivity contribution in [1.29, 1.82) is 0 Å². The third-order valence-electron chi connectivity index (χ3n) is 3.14. The molecule has 0 radical (unpaired) electrons. The Morgan fingerprint density at radius 1 is 1.36 bits per heavy atom. The minimum atomic E-state index is -0.713. The number of hydrogen-bond donors (Lipinski definition) is 2. The molecule has 0 spiro atoms. The van der Waals surface area contributed by atoms with Gasteiger partial charge in [0.25, 0.3) is 0 Å². The lowest BCUT2D eigenvalue weighted by molar-refractivity contribution is -0.117. The Bertz CT molecular complexity index is 598. The molecule has 0 saturated carbocycles. The molecule has 2 rings (SSSR count). The average molecular weight is 325 g/mol. The molecule has 1 atom stereocenters. The van der Waals surface area contributed by atoms with Crippen molar-refractivity contribution < 1.29 is 9.53 Å². The molecule has 6 nitrogen and oxygen atoms in total. The van der Waals surface area contributed by atoms with Gasteiger partial charge in [0.05, 0.1) is 13.2 Å². The molecule has 0 fully saturated rings. The number of carbonyl (C=O) groups is 1. The number of anilines is 1. The van der Waals surface area contributed by atoms with E-state index in [1.807, 2.05) is 31.2 Å². The number of halogens is 1. The Morgan fingerprint density at radius 2 is 2.05 bits per heavy atom. The Kier molecular flexibility index (Phi) is 7.04. The van der Waals surface area contributed by atoms with Gasteiger partial charge < -0.3 is 15.8 Å². The zero-order valence-corrected chi connectivity index (χ0v) is 13.5. The van der Waals surface area contributed by atoms with Crippen molar-refractivity contribution in [1.82, 2.24) is 9.78 Å². The molecular weight excluding hydrogens is 304 g/mol. The number of hydrogen-bond acceptors (Lipinski definition) is 4. The third kappa shape index (κ3) is 4.84. The van der Waals surface area contributed by atoms with Crippen molar-refractivity contribution in [3.63, 3.8) is 0 Å². The molecule has 120 valence electrons. The van der Waals surface area contributed by atoms with E-state index >= 15 is 0 Å². The number of rotatable bonds is 6. The number of nitrogens with zero attached hydrogens (tertiary/aromatic N) is 2. The second kappa shape index (κ2) is 8.53. The molecule has 3 N–H and O–H groups in total. The number of nitrogens with one attached hydrogen (secondary N) is 1. The summed E-state index contributed by atoms with van der Waals surface area (Å²) in [4.78, 5) is 12.1. The van der Waals surface area contributed by atoms with Crippen LogP contribution in [-0.2, 0) is 16.1 Å². The van der Waals surface area contributed by atoms with Crippen LogP contribution in [0, 0.1) is 6.92 Å². The van der Waals surface area contributed by atoms with E-state index in [2.05, 4.69) is 10.4 Å². The van der Waals surface area contributed by atoms with Crippen LogP contribution in [0.25, 0.3) is 0 Å². The summed E-state index contributed by atoms with van der Waals surface area (Å²) in [6, 6.07) is 8.60. The van der Waals surface area contributed by atoms with Gasteiger partial charge in [0.2, 0.25) is 5.91 Å². The first-order chi connectivity index (χ1) is 10.1. The zero-order valence-electron chi connectivity index (χ0n) is 12.7. The fourth-order valence-corrected chi connectivity index (χ4v) is 1.87. The topological polar surface area (TPSA) is 82.2 Å². The van der Waals surface area contributed by atoms with Gasteiger partial charge in [-0.05, 0) is 12.5 Å². The highest BCUT2D eigenvalue weighted by Gasteiger charge is 2.16. The summed E-state index contributed by atoms with van der Waals surface area (Å²) in [5, 5.41) is 6.94. The lowest BCUT2D eigenvalue weighted by Crippen LogP contribution is -2.28. The van der Waals surface area contributed by atoms with Gasteiger partial charge in [0.1, 0.15) is 6.04 Å². The van der Waals surface area contributed by atoms with Gasteiger partial charge in [-0.15, -0.1) is 12.4 Å². The average Bonchev–Trinajstić information content (AvgIpc) is 2.92. The lowest BCUT2D eigenvalue weighted by atomic mass is 10.1. The molecule has 1 unspecified atom stereocenters. The summed E-state index contributed by atoms with van der Waals surface area (Å²) in [7, 11) is 1.63. The molecule has 0 aliphatic heterocycles. The first-order valence-electron chi connectivity index (χ1n) is 6.75. The fourth-order valence-electron chi connectivity index (χ4n) is 1.87. The Hall–Kier alpha value is -1.89. The van der Waals surface area contributed by atoms with Crippen molar-refractivity contribution in [3.05, 3.63) is 47.7 Å². The molecule has 1 aromatic heterocycles. The van der Waals surface area contributed by atoms with Crippen LogP contribution in [0.4, 0.5) is 5.82 Å². The maximum atomic E-state index is 12.1. The monoisotopic (exact) mass is 324 g/mol. The SMILES string of the molecule is COCCn1ccc(NC(=O)C(N)c2ccc(C)cc2)n1.Cl. The van der Waals surface area contributed by atoms with Gasteiger partial charge in [-0.25, -0.2) is 0 Å². The summed E-state index contributed by atoms with van der Waals surface area (Å²) in [6.07, 6.45) is 1.78. The summed E-state index contributed by atoms with van der Waals surface area (Å²) >= 11 is 0. The van der Waals surface area contributed by atoms with Crippen molar-refractivity contribution in [2.75, 3.05) is 19.0 Å². The van der Waals surface area contributed by atoms with Crippen LogP contribution in [0.5, 0.6) is 0 Å². The van der Waals surface area contributed by atoms with Crippen LogP contribution >= 0.6 is 12.4 Å². The van der Waals surface area contributed by atoms with E-state index in [4.69, 9.17) is 10.5 Å². The number of carbonyl (C=O) groups excluding carboxylic acids is 1. The zero-order chi connectivity index (χ0) is 15.2. The van der Waals surface area contributed by atoms with Crippen LogP contribution in [0.15, 0.2) is 36.5 Å². The minimum Gasteiger partial charge on any atom is -0.383 e. The molecule has 1 amide bonds. The quantitative estimate of drug-likeness (QED) is 0.850. The number of aromatic nitrogens is 2. The van der Waals surface area contributed by atoms with Crippen LogP contribution < -0.4 is 11.1 Å². The molecule has 0 bridgehead atoms. The maximum Gasteiger partial charge on any atom is 0.247 e. The molecule has 0 saturated heterocycles. The van der Waals surface area contributed by atoms with Crippen molar-refractivity contribution in [2.24, 2.45) is 5.73 Å². The summed E-state index contributed by atoms with van der Waals surface area (Å²) in [6.45, 7) is 3.19. The highest BCUT2D eigenvalue weighted by Crippen LogP contribution is 2.13. The Balaban J connectivity index is 0.00000242. The van der Waals surface area contributed by atoms with E-state index in [1.54, 1.807) is 24.1 Å². The van der Waals surface area contributed by atoms with E-state index in [0.29, 0.717) is 19.0 Å². The second-order valence-corrected chi connectivity index (χ2v) is 4.83. The van der Waals surface area contributed by atoms with Gasteiger partial charge in [-0.3, -0.25) is 9.48 Å². The molecular formula is C15H21ClN4O2. The number of benzene rings is 1. The normalized spacial score (nSPS) is 11.6. The van der Waals surface area contributed by atoms with Crippen molar-refractivity contribution in [2.45, 2.75) is 19.5 Å². The molecule has 22 heavy (non-hydrogen) atoms. The smallest absolute Gasteiger partial charge is 0.247 e. The van der Waals surface area contributed by atoms with Crippen LogP contribution in [0.2, 0.25) is 0 Å².